The van der Waals surface area contributed by atoms with Gasteiger partial charge in [0.15, 0.2) is 0 Å². The minimum Gasteiger partial charge on any atom is -0.338 e. The molecule has 0 aliphatic heterocycles. The highest BCUT2D eigenvalue weighted by Gasteiger charge is 2.51. The second-order valence-corrected chi connectivity index (χ2v) is 17.6. The Morgan fingerprint density at radius 3 is 1.56 bits per heavy atom. The van der Waals surface area contributed by atoms with Crippen molar-refractivity contribution in [3.05, 3.63) is 288 Å². The molecular formula is C65H47N. The summed E-state index contributed by atoms with van der Waals surface area (Å²) in [6.45, 7) is 2.92. The Hall–Kier alpha value is -8.26. The summed E-state index contributed by atoms with van der Waals surface area (Å²) in [5.74, 6) is 0. The van der Waals surface area contributed by atoms with E-state index < -0.39 is 5.41 Å². The smallest absolute Gasteiger partial charge is 0.0726 e. The van der Waals surface area contributed by atoms with Crippen LogP contribution in [0.15, 0.2) is 255 Å². The fourth-order valence-corrected chi connectivity index (χ4v) is 10.9. The summed E-state index contributed by atoms with van der Waals surface area (Å²) in [4.78, 5) is 2.48. The van der Waals surface area contributed by atoms with Crippen LogP contribution in [0.4, 0.5) is 11.4 Å². The zero-order valence-electron chi connectivity index (χ0n) is 36.9. The monoisotopic (exact) mass is 841 g/mol. The maximum Gasteiger partial charge on any atom is 0.0726 e. The van der Waals surface area contributed by atoms with E-state index in [2.05, 4.69) is 267 Å². The van der Waals surface area contributed by atoms with Gasteiger partial charge in [0.05, 0.1) is 5.41 Å². The van der Waals surface area contributed by atoms with Crippen molar-refractivity contribution in [2.24, 2.45) is 0 Å². The molecule has 0 saturated carbocycles. The predicted octanol–water partition coefficient (Wildman–Crippen LogP) is 16.8. The van der Waals surface area contributed by atoms with Gasteiger partial charge in [-0.15, -0.1) is 0 Å². The van der Waals surface area contributed by atoms with E-state index >= 15 is 0 Å². The molecule has 0 bridgehead atoms. The molecule has 10 aromatic carbocycles. The molecule has 0 unspecified atom stereocenters. The molecule has 0 N–H and O–H groups in total. The lowest BCUT2D eigenvalue weighted by Gasteiger charge is -2.32. The first kappa shape index (κ1) is 39.3. The van der Waals surface area contributed by atoms with Gasteiger partial charge in [-0.2, -0.15) is 0 Å². The summed E-state index contributed by atoms with van der Waals surface area (Å²) < 4.78 is 0. The number of nitrogens with zero attached hydrogens (tertiary/aromatic N) is 1. The topological polar surface area (TPSA) is 3.24 Å². The van der Waals surface area contributed by atoms with E-state index in [9.17, 15) is 0 Å². The van der Waals surface area contributed by atoms with Crippen molar-refractivity contribution in [2.45, 2.75) is 12.3 Å². The van der Waals surface area contributed by atoms with Crippen LogP contribution in [0.2, 0.25) is 0 Å². The molecule has 2 aliphatic rings. The molecule has 0 fully saturated rings. The van der Waals surface area contributed by atoms with Gasteiger partial charge < -0.3 is 4.90 Å². The highest BCUT2D eigenvalue weighted by molar-refractivity contribution is 5.99. The van der Waals surface area contributed by atoms with Gasteiger partial charge in [-0.3, -0.25) is 0 Å². The van der Waals surface area contributed by atoms with Gasteiger partial charge in [0.1, 0.15) is 0 Å². The quantitative estimate of drug-likeness (QED) is 0.103. The van der Waals surface area contributed by atoms with Crippen LogP contribution in [0.25, 0.3) is 66.4 Å². The zero-order valence-corrected chi connectivity index (χ0v) is 36.9. The van der Waals surface area contributed by atoms with E-state index in [0.717, 1.165) is 11.4 Å². The molecule has 2 aliphatic carbocycles. The summed E-state index contributed by atoms with van der Waals surface area (Å²) in [6.07, 6.45) is 4.69. The number of anilines is 2. The van der Waals surface area contributed by atoms with Gasteiger partial charge in [0, 0.05) is 17.9 Å². The lowest BCUT2D eigenvalue weighted by atomic mass is 9.70. The Morgan fingerprint density at radius 1 is 0.394 bits per heavy atom. The molecule has 312 valence electrons. The molecule has 0 amide bonds. The summed E-state index contributed by atoms with van der Waals surface area (Å²) in [5.41, 5.74) is 22.2. The normalized spacial score (nSPS) is 13.3. The van der Waals surface area contributed by atoms with Crippen LogP contribution >= 0.6 is 0 Å². The molecule has 66 heavy (non-hydrogen) atoms. The number of fused-ring (bicyclic) bond motifs is 11. The third-order valence-corrected chi connectivity index (χ3v) is 14.1. The molecule has 10 aromatic rings. The molecule has 0 atom stereocenters. The molecular weight excluding hydrogens is 795 g/mol. The van der Waals surface area contributed by atoms with Crippen molar-refractivity contribution < 1.29 is 0 Å². The zero-order chi connectivity index (χ0) is 44.0. The van der Waals surface area contributed by atoms with Gasteiger partial charge in [0.25, 0.3) is 0 Å². The van der Waals surface area contributed by atoms with Crippen LogP contribution in [0.1, 0.15) is 40.3 Å². The second kappa shape index (κ2) is 16.4. The maximum absolute atomic E-state index is 2.49. The van der Waals surface area contributed by atoms with Crippen LogP contribution in [-0.4, -0.2) is 6.54 Å². The second-order valence-electron chi connectivity index (χ2n) is 17.6. The molecule has 1 spiro atoms. The summed E-state index contributed by atoms with van der Waals surface area (Å²) >= 11 is 0. The molecule has 0 heterocycles. The first-order chi connectivity index (χ1) is 32.7. The standard InChI is InChI=1S/C65H47N/c1-45(46-18-4-2-5-19-46)54(50-33-35-51(36-34-50)56-28-16-23-49-22-8-9-24-55(49)56)29-17-43-66(52-39-37-48(38-40-52)47-20-6-3-7-21-47)53-41-42-60-59-27-12-15-32-63(59)65(64(60)44-53)61-30-13-10-25-57(61)58-26-11-14-31-62(58)65/h2-42,44H,43H2,1H3/b29-17-,54-45-. The minimum absolute atomic E-state index is 0.422. The number of hydrogen-bond donors (Lipinski definition) is 0. The van der Waals surface area contributed by atoms with E-state index in [1.807, 2.05) is 0 Å². The van der Waals surface area contributed by atoms with Gasteiger partial charge >= 0.3 is 0 Å². The number of hydrogen-bond acceptors (Lipinski definition) is 1. The van der Waals surface area contributed by atoms with Crippen molar-refractivity contribution in [3.8, 4) is 44.5 Å². The predicted molar refractivity (Wildman–Crippen MR) is 279 cm³/mol. The Labute approximate surface area is 387 Å². The van der Waals surface area contributed by atoms with Crippen molar-refractivity contribution in [3.63, 3.8) is 0 Å². The Bertz CT molecular complexity index is 3420. The van der Waals surface area contributed by atoms with Crippen LogP contribution in [0, 0.1) is 0 Å². The summed E-state index contributed by atoms with van der Waals surface area (Å²) in [6, 6.07) is 89.3. The largest absolute Gasteiger partial charge is 0.338 e. The first-order valence-corrected chi connectivity index (χ1v) is 23.0. The Morgan fingerprint density at radius 2 is 0.894 bits per heavy atom. The van der Waals surface area contributed by atoms with Crippen LogP contribution in [0.3, 0.4) is 0 Å². The molecule has 12 rings (SSSR count). The molecule has 0 radical (unpaired) electrons. The van der Waals surface area contributed by atoms with Crippen molar-refractivity contribution in [1.29, 1.82) is 0 Å². The lowest BCUT2D eigenvalue weighted by Crippen LogP contribution is -2.26. The lowest BCUT2D eigenvalue weighted by molar-refractivity contribution is 0.793. The maximum atomic E-state index is 2.49. The third-order valence-electron chi connectivity index (χ3n) is 14.1. The number of benzene rings is 10. The van der Waals surface area contributed by atoms with Crippen LogP contribution in [-0.2, 0) is 5.41 Å². The molecule has 0 saturated heterocycles. The van der Waals surface area contributed by atoms with Gasteiger partial charge in [-0.1, -0.05) is 231 Å². The van der Waals surface area contributed by atoms with E-state index in [-0.39, 0.29) is 0 Å². The molecule has 0 aromatic heterocycles. The van der Waals surface area contributed by atoms with E-state index in [0.29, 0.717) is 6.54 Å². The Kier molecular flexibility index (Phi) is 9.76. The van der Waals surface area contributed by atoms with Crippen molar-refractivity contribution in [1.82, 2.24) is 0 Å². The van der Waals surface area contributed by atoms with Gasteiger partial charge in [0.2, 0.25) is 0 Å². The average Bonchev–Trinajstić information content (AvgIpc) is 3.86. The average molecular weight is 842 g/mol. The highest BCUT2D eigenvalue weighted by Crippen LogP contribution is 2.63. The fourth-order valence-electron chi connectivity index (χ4n) is 10.9. The summed E-state index contributed by atoms with van der Waals surface area (Å²) in [7, 11) is 0. The minimum atomic E-state index is -0.422. The SMILES string of the molecule is C/C(=C(\C=C/CN(c1ccc(-c2ccccc2)cc1)c1ccc2c(c1)C1(c3ccccc3-c3ccccc31)c1ccccc1-2)c1ccc(-c2cccc3ccccc23)cc1)c1ccccc1. The molecule has 1 nitrogen and oxygen atoms in total. The van der Waals surface area contributed by atoms with Gasteiger partial charge in [-0.05, 0) is 131 Å². The van der Waals surface area contributed by atoms with E-state index in [1.54, 1.807) is 0 Å². The summed E-state index contributed by atoms with van der Waals surface area (Å²) in [5, 5.41) is 2.52. The van der Waals surface area contributed by atoms with E-state index in [4.69, 9.17) is 0 Å². The third kappa shape index (κ3) is 6.46. The number of allylic oxidation sites excluding steroid dienone is 3. The van der Waals surface area contributed by atoms with Crippen molar-refractivity contribution in [2.75, 3.05) is 11.4 Å². The van der Waals surface area contributed by atoms with Crippen LogP contribution < -0.4 is 4.90 Å². The van der Waals surface area contributed by atoms with E-state index in [1.165, 1.54) is 99.8 Å². The first-order valence-electron chi connectivity index (χ1n) is 23.0. The molecule has 1 heteroatoms. The van der Waals surface area contributed by atoms with Crippen molar-refractivity contribution >= 4 is 33.3 Å². The highest BCUT2D eigenvalue weighted by atomic mass is 15.1. The Balaban J connectivity index is 0.982. The van der Waals surface area contributed by atoms with Crippen LogP contribution in [0.5, 0.6) is 0 Å². The van der Waals surface area contributed by atoms with Gasteiger partial charge in [-0.25, -0.2) is 0 Å². The number of rotatable bonds is 9. The fraction of sp³-hybridized carbons (Fsp3) is 0.0462.